The van der Waals surface area contributed by atoms with Gasteiger partial charge in [-0.25, -0.2) is 0 Å². The molecule has 5 nitrogen and oxygen atoms in total. The molecule has 0 aliphatic carbocycles. The van der Waals surface area contributed by atoms with Gasteiger partial charge in [-0.2, -0.15) is 5.10 Å². The van der Waals surface area contributed by atoms with Crippen molar-refractivity contribution < 1.29 is 9.47 Å². The van der Waals surface area contributed by atoms with Crippen LogP contribution in [0.5, 0.6) is 11.5 Å². The molecule has 0 aliphatic heterocycles. The van der Waals surface area contributed by atoms with Crippen molar-refractivity contribution in [1.29, 1.82) is 0 Å². The summed E-state index contributed by atoms with van der Waals surface area (Å²) in [6.45, 7) is 4.99. The van der Waals surface area contributed by atoms with Crippen LogP contribution in [0.15, 0.2) is 57.1 Å². The minimum Gasteiger partial charge on any atom is -0.490 e. The minimum atomic E-state index is 0.414. The average molecular weight is 436 g/mol. The normalized spacial score (nSPS) is 11.7. The van der Waals surface area contributed by atoms with Gasteiger partial charge in [-0.15, -0.1) is 5.10 Å². The molecule has 0 aliphatic rings. The summed E-state index contributed by atoms with van der Waals surface area (Å²) in [7, 11) is 0. The first-order chi connectivity index (χ1) is 12.6. The number of amidine groups is 1. The van der Waals surface area contributed by atoms with Gasteiger partial charge in [0.25, 0.3) is 0 Å². The maximum atomic E-state index is 5.91. The standard InChI is InChI=1S/C19H22BrN3O2S/c1-3-24-17-10-15(16(20)11-18(17)25-4-2)12-22-23-19(21)26-13-14-8-6-5-7-9-14/h5-12H,3-4,13H2,1-2H3,(H2,21,23). The number of benzene rings is 2. The van der Waals surface area contributed by atoms with Gasteiger partial charge < -0.3 is 15.2 Å². The second-order valence-corrected chi connectivity index (χ2v) is 6.99. The number of hydrogen-bond acceptors (Lipinski definition) is 5. The van der Waals surface area contributed by atoms with Crippen molar-refractivity contribution in [1.82, 2.24) is 0 Å². The predicted molar refractivity (Wildman–Crippen MR) is 113 cm³/mol. The zero-order chi connectivity index (χ0) is 18.8. The van der Waals surface area contributed by atoms with Gasteiger partial charge in [0.15, 0.2) is 16.7 Å². The summed E-state index contributed by atoms with van der Waals surface area (Å²) in [5.74, 6) is 2.13. The third-order valence-corrected chi connectivity index (χ3v) is 4.79. The summed E-state index contributed by atoms with van der Waals surface area (Å²) >= 11 is 4.97. The fourth-order valence-corrected chi connectivity index (χ4v) is 3.13. The molecule has 0 saturated carbocycles. The van der Waals surface area contributed by atoms with Crippen LogP contribution in [-0.4, -0.2) is 24.6 Å². The number of halogens is 1. The minimum absolute atomic E-state index is 0.414. The van der Waals surface area contributed by atoms with E-state index in [0.717, 1.165) is 15.8 Å². The van der Waals surface area contributed by atoms with Crippen LogP contribution in [0.3, 0.4) is 0 Å². The van der Waals surface area contributed by atoms with E-state index in [-0.39, 0.29) is 0 Å². The highest BCUT2D eigenvalue weighted by Crippen LogP contribution is 2.33. The SMILES string of the molecule is CCOc1cc(Br)c(C=NN=C(N)SCc2ccccc2)cc1OCC. The largest absolute Gasteiger partial charge is 0.490 e. The number of nitrogens with zero attached hydrogens (tertiary/aromatic N) is 2. The van der Waals surface area contributed by atoms with E-state index in [1.165, 1.54) is 17.3 Å². The molecule has 0 aromatic heterocycles. The highest BCUT2D eigenvalue weighted by atomic mass is 79.9. The molecule has 0 amide bonds. The number of thioether (sulfide) groups is 1. The molecule has 0 unspecified atom stereocenters. The van der Waals surface area contributed by atoms with Gasteiger partial charge in [-0.3, -0.25) is 0 Å². The van der Waals surface area contributed by atoms with Gasteiger partial charge in [0.05, 0.1) is 19.4 Å². The summed E-state index contributed by atoms with van der Waals surface area (Å²) in [6, 6.07) is 13.8. The molecule has 26 heavy (non-hydrogen) atoms. The molecular weight excluding hydrogens is 414 g/mol. The van der Waals surface area contributed by atoms with Crippen LogP contribution in [0, 0.1) is 0 Å². The molecule has 0 fully saturated rings. The third-order valence-electron chi connectivity index (χ3n) is 3.25. The Morgan fingerprint density at radius 2 is 1.77 bits per heavy atom. The topological polar surface area (TPSA) is 69.2 Å². The molecule has 2 rings (SSSR count). The first-order valence-electron chi connectivity index (χ1n) is 8.26. The van der Waals surface area contributed by atoms with Crippen molar-refractivity contribution in [3.05, 3.63) is 58.1 Å². The van der Waals surface area contributed by atoms with E-state index < -0.39 is 0 Å². The summed E-state index contributed by atoms with van der Waals surface area (Å²) < 4.78 is 12.1. The number of hydrogen-bond donors (Lipinski definition) is 1. The Balaban J connectivity index is 2.05. The van der Waals surface area contributed by atoms with Crippen molar-refractivity contribution in [2.24, 2.45) is 15.9 Å². The Hall–Kier alpha value is -1.99. The Morgan fingerprint density at radius 3 is 2.42 bits per heavy atom. The van der Waals surface area contributed by atoms with E-state index in [4.69, 9.17) is 15.2 Å². The third kappa shape index (κ3) is 6.38. The summed E-state index contributed by atoms with van der Waals surface area (Å²) in [4.78, 5) is 0. The smallest absolute Gasteiger partial charge is 0.180 e. The van der Waals surface area contributed by atoms with Crippen molar-refractivity contribution in [3.8, 4) is 11.5 Å². The van der Waals surface area contributed by atoms with E-state index in [1.54, 1.807) is 6.21 Å². The lowest BCUT2D eigenvalue weighted by Crippen LogP contribution is -2.06. The Bertz CT molecular complexity index is 767. The van der Waals surface area contributed by atoms with Gasteiger partial charge in [0.2, 0.25) is 0 Å². The van der Waals surface area contributed by atoms with E-state index in [9.17, 15) is 0 Å². The Kier molecular flexibility index (Phi) is 8.50. The molecule has 0 radical (unpaired) electrons. The van der Waals surface area contributed by atoms with E-state index >= 15 is 0 Å². The summed E-state index contributed by atoms with van der Waals surface area (Å²) in [5.41, 5.74) is 7.93. The maximum Gasteiger partial charge on any atom is 0.180 e. The second kappa shape index (κ2) is 10.9. The molecule has 2 aromatic carbocycles. The molecule has 2 N–H and O–H groups in total. The molecule has 0 saturated heterocycles. The first kappa shape index (κ1) is 20.3. The molecule has 0 spiro atoms. The van der Waals surface area contributed by atoms with Gasteiger partial charge >= 0.3 is 0 Å². The molecule has 7 heteroatoms. The predicted octanol–water partition coefficient (Wildman–Crippen LogP) is 4.83. The van der Waals surface area contributed by atoms with Gasteiger partial charge in [0, 0.05) is 15.8 Å². The number of nitrogens with two attached hydrogens (primary N) is 1. The van der Waals surface area contributed by atoms with Crippen molar-refractivity contribution in [3.63, 3.8) is 0 Å². The monoisotopic (exact) mass is 435 g/mol. The highest BCUT2D eigenvalue weighted by molar-refractivity contribution is 9.10. The molecule has 138 valence electrons. The fraction of sp³-hybridized carbons (Fsp3) is 0.263. The van der Waals surface area contributed by atoms with Crippen LogP contribution in [0.4, 0.5) is 0 Å². The Morgan fingerprint density at radius 1 is 1.12 bits per heavy atom. The second-order valence-electron chi connectivity index (χ2n) is 5.14. The number of rotatable bonds is 8. The van der Waals surface area contributed by atoms with E-state index in [1.807, 2.05) is 44.2 Å². The van der Waals surface area contributed by atoms with Crippen molar-refractivity contribution in [2.45, 2.75) is 19.6 Å². The lowest BCUT2D eigenvalue weighted by Gasteiger charge is -2.12. The van der Waals surface area contributed by atoms with Crippen LogP contribution < -0.4 is 15.2 Å². The van der Waals surface area contributed by atoms with Gasteiger partial charge in [-0.1, -0.05) is 42.1 Å². The quantitative estimate of drug-likeness (QED) is 0.366. The number of ether oxygens (including phenoxy) is 2. The Labute approximate surface area is 166 Å². The summed E-state index contributed by atoms with van der Waals surface area (Å²) in [5, 5.41) is 8.54. The van der Waals surface area contributed by atoms with Crippen molar-refractivity contribution in [2.75, 3.05) is 13.2 Å². The van der Waals surface area contributed by atoms with E-state index in [0.29, 0.717) is 29.9 Å². The lowest BCUT2D eigenvalue weighted by molar-refractivity contribution is 0.287. The fourth-order valence-electron chi connectivity index (χ4n) is 2.09. The van der Waals surface area contributed by atoms with Gasteiger partial charge in [-0.05, 0) is 47.5 Å². The summed E-state index contributed by atoms with van der Waals surface area (Å²) in [6.07, 6.45) is 1.64. The molecule has 2 aromatic rings. The zero-order valence-corrected chi connectivity index (χ0v) is 17.2. The van der Waals surface area contributed by atoms with Crippen LogP contribution in [0.2, 0.25) is 0 Å². The first-order valence-corrected chi connectivity index (χ1v) is 10.0. The molecular formula is C19H22BrN3O2S. The average Bonchev–Trinajstić information content (AvgIpc) is 2.64. The molecule has 0 atom stereocenters. The highest BCUT2D eigenvalue weighted by Gasteiger charge is 2.09. The van der Waals surface area contributed by atoms with Crippen LogP contribution in [-0.2, 0) is 5.75 Å². The van der Waals surface area contributed by atoms with Crippen LogP contribution in [0.1, 0.15) is 25.0 Å². The van der Waals surface area contributed by atoms with E-state index in [2.05, 4.69) is 38.3 Å². The van der Waals surface area contributed by atoms with Gasteiger partial charge in [0.1, 0.15) is 0 Å². The molecule has 0 bridgehead atoms. The van der Waals surface area contributed by atoms with Crippen LogP contribution in [0.25, 0.3) is 0 Å². The lowest BCUT2D eigenvalue weighted by atomic mass is 10.2. The zero-order valence-electron chi connectivity index (χ0n) is 14.8. The van der Waals surface area contributed by atoms with Crippen molar-refractivity contribution >= 4 is 39.1 Å². The van der Waals surface area contributed by atoms with Crippen LogP contribution >= 0.6 is 27.7 Å². The molecule has 0 heterocycles. The maximum absolute atomic E-state index is 5.91.